The molecule has 1 N–H and O–H groups in total. The number of hydrogen-bond acceptors (Lipinski definition) is 2. The number of nitrogens with one attached hydrogen (secondary N) is 1. The molecule has 2 bridgehead atoms. The quantitative estimate of drug-likeness (QED) is 0.657. The number of hydrogen-bond donors (Lipinski definition) is 1. The van der Waals surface area contributed by atoms with Crippen molar-refractivity contribution in [3.63, 3.8) is 0 Å². The van der Waals surface area contributed by atoms with Gasteiger partial charge in [-0.1, -0.05) is 6.07 Å². The summed E-state index contributed by atoms with van der Waals surface area (Å²) >= 11 is 0. The van der Waals surface area contributed by atoms with E-state index in [2.05, 4.69) is 17.4 Å². The molecule has 1 aromatic carbocycles. The Bertz CT molecular complexity index is 249. The molecule has 0 saturated heterocycles. The fraction of sp³-hybridized carbons (Fsp3) is 0.455. The minimum absolute atomic E-state index is 0.851. The molecule has 70 valence electrons. The summed E-state index contributed by atoms with van der Waals surface area (Å²) in [6.45, 7) is 1.92. The van der Waals surface area contributed by atoms with Crippen molar-refractivity contribution in [2.45, 2.75) is 19.3 Å². The van der Waals surface area contributed by atoms with Gasteiger partial charge in [-0.25, -0.2) is 0 Å². The molecule has 13 heavy (non-hydrogen) atoms. The predicted octanol–water partition coefficient (Wildman–Crippen LogP) is 2.66. The van der Waals surface area contributed by atoms with Crippen LogP contribution in [-0.2, 0) is 0 Å². The lowest BCUT2D eigenvalue weighted by Gasteiger charge is -2.12. The molecule has 0 aromatic heterocycles. The van der Waals surface area contributed by atoms with E-state index in [0.717, 1.165) is 25.3 Å². The molecule has 1 aromatic rings. The molecule has 1 aliphatic heterocycles. The molecule has 2 rings (SSSR count). The van der Waals surface area contributed by atoms with Gasteiger partial charge in [0, 0.05) is 18.3 Å². The molecule has 0 aliphatic carbocycles. The van der Waals surface area contributed by atoms with E-state index in [9.17, 15) is 0 Å². The van der Waals surface area contributed by atoms with E-state index in [1.165, 1.54) is 18.5 Å². The Morgan fingerprint density at radius 1 is 1.15 bits per heavy atom. The van der Waals surface area contributed by atoms with E-state index in [0.29, 0.717) is 0 Å². The van der Waals surface area contributed by atoms with Gasteiger partial charge in [0.15, 0.2) is 0 Å². The molecule has 1 aliphatic rings. The van der Waals surface area contributed by atoms with Gasteiger partial charge in [-0.15, -0.1) is 0 Å². The average molecular weight is 177 g/mol. The Morgan fingerprint density at radius 3 is 3.15 bits per heavy atom. The smallest absolute Gasteiger partial charge is 0.121 e. The third kappa shape index (κ3) is 2.38. The molecule has 0 amide bonds. The maximum atomic E-state index is 5.58. The minimum Gasteiger partial charge on any atom is -0.494 e. The van der Waals surface area contributed by atoms with E-state index in [1.54, 1.807) is 0 Å². The van der Waals surface area contributed by atoms with Crippen LogP contribution in [0.3, 0.4) is 0 Å². The van der Waals surface area contributed by atoms with Gasteiger partial charge in [-0.05, 0) is 31.4 Å². The Kier molecular flexibility index (Phi) is 2.70. The van der Waals surface area contributed by atoms with Gasteiger partial charge >= 0.3 is 0 Å². The van der Waals surface area contributed by atoms with Crippen LogP contribution in [0.1, 0.15) is 19.3 Å². The molecule has 0 spiro atoms. The van der Waals surface area contributed by atoms with Crippen molar-refractivity contribution >= 4 is 5.69 Å². The predicted molar refractivity (Wildman–Crippen MR) is 54.3 cm³/mol. The summed E-state index contributed by atoms with van der Waals surface area (Å²) in [5, 5.41) is 3.37. The third-order valence-corrected chi connectivity index (χ3v) is 2.25. The molecular weight excluding hydrogens is 162 g/mol. The highest BCUT2D eigenvalue weighted by Gasteiger charge is 1.99. The number of ether oxygens (including phenoxy) is 1. The molecule has 0 atom stereocenters. The first-order valence-electron chi connectivity index (χ1n) is 4.92. The Morgan fingerprint density at radius 2 is 2.15 bits per heavy atom. The SMILES string of the molecule is c1cc2cc(c1)OCCCCCN2. The van der Waals surface area contributed by atoms with Gasteiger partial charge in [-0.2, -0.15) is 0 Å². The van der Waals surface area contributed by atoms with Crippen LogP contribution in [0.25, 0.3) is 0 Å². The molecule has 2 heteroatoms. The van der Waals surface area contributed by atoms with Gasteiger partial charge in [0.2, 0.25) is 0 Å². The van der Waals surface area contributed by atoms with E-state index in [4.69, 9.17) is 4.74 Å². The first kappa shape index (κ1) is 8.42. The second-order valence-electron chi connectivity index (χ2n) is 3.36. The van der Waals surface area contributed by atoms with Crippen LogP contribution >= 0.6 is 0 Å². The third-order valence-electron chi connectivity index (χ3n) is 2.25. The lowest BCUT2D eigenvalue weighted by atomic mass is 10.2. The summed E-state index contributed by atoms with van der Waals surface area (Å²) in [5.74, 6) is 0.979. The maximum Gasteiger partial charge on any atom is 0.121 e. The lowest BCUT2D eigenvalue weighted by Crippen LogP contribution is -2.05. The zero-order valence-electron chi connectivity index (χ0n) is 7.75. The molecule has 1 heterocycles. The topological polar surface area (TPSA) is 21.3 Å². The highest BCUT2D eigenvalue weighted by Crippen LogP contribution is 2.18. The number of benzene rings is 1. The zero-order valence-corrected chi connectivity index (χ0v) is 7.75. The minimum atomic E-state index is 0.851. The van der Waals surface area contributed by atoms with Crippen molar-refractivity contribution < 1.29 is 4.74 Å². The van der Waals surface area contributed by atoms with Gasteiger partial charge in [0.1, 0.15) is 5.75 Å². The lowest BCUT2D eigenvalue weighted by molar-refractivity contribution is 0.305. The van der Waals surface area contributed by atoms with Crippen molar-refractivity contribution in [1.82, 2.24) is 0 Å². The highest BCUT2D eigenvalue weighted by atomic mass is 16.5. The van der Waals surface area contributed by atoms with Gasteiger partial charge in [0.25, 0.3) is 0 Å². The first-order chi connectivity index (χ1) is 6.45. The van der Waals surface area contributed by atoms with Gasteiger partial charge < -0.3 is 10.1 Å². The van der Waals surface area contributed by atoms with Crippen molar-refractivity contribution in [1.29, 1.82) is 0 Å². The molecular formula is C11H15NO. The van der Waals surface area contributed by atoms with Crippen LogP contribution in [0.15, 0.2) is 24.3 Å². The Labute approximate surface area is 78.9 Å². The second-order valence-corrected chi connectivity index (χ2v) is 3.36. The zero-order chi connectivity index (χ0) is 8.93. The van der Waals surface area contributed by atoms with E-state index in [-0.39, 0.29) is 0 Å². The van der Waals surface area contributed by atoms with Crippen molar-refractivity contribution in [2.24, 2.45) is 0 Å². The van der Waals surface area contributed by atoms with Crippen LogP contribution in [0.2, 0.25) is 0 Å². The molecule has 0 radical (unpaired) electrons. The Hall–Kier alpha value is -1.18. The van der Waals surface area contributed by atoms with Crippen molar-refractivity contribution in [2.75, 3.05) is 18.5 Å². The summed E-state index contributed by atoms with van der Waals surface area (Å²) in [7, 11) is 0. The Balaban J connectivity index is 2.13. The second kappa shape index (κ2) is 4.17. The fourth-order valence-electron chi connectivity index (χ4n) is 1.52. The summed E-state index contributed by atoms with van der Waals surface area (Å²) in [5.41, 5.74) is 1.17. The average Bonchev–Trinajstić information content (AvgIpc) is 2.17. The first-order valence-corrected chi connectivity index (χ1v) is 4.92. The summed E-state index contributed by atoms with van der Waals surface area (Å²) in [4.78, 5) is 0. The van der Waals surface area contributed by atoms with Crippen LogP contribution in [0.5, 0.6) is 5.75 Å². The normalized spacial score (nSPS) is 16.9. The monoisotopic (exact) mass is 177 g/mol. The van der Waals surface area contributed by atoms with Gasteiger partial charge in [0.05, 0.1) is 6.61 Å². The maximum absolute atomic E-state index is 5.58. The largest absolute Gasteiger partial charge is 0.494 e. The van der Waals surface area contributed by atoms with E-state index < -0.39 is 0 Å². The van der Waals surface area contributed by atoms with Crippen LogP contribution in [-0.4, -0.2) is 13.2 Å². The number of fused-ring (bicyclic) bond motifs is 2. The molecule has 0 unspecified atom stereocenters. The van der Waals surface area contributed by atoms with Crippen LogP contribution in [0, 0.1) is 0 Å². The standard InChI is InChI=1S/C11H15NO/c1-2-7-12-10-5-4-6-11(9-10)13-8-3-1/h4-6,9,12H,1-3,7-8H2. The van der Waals surface area contributed by atoms with Crippen molar-refractivity contribution in [3.8, 4) is 5.75 Å². The summed E-state index contributed by atoms with van der Waals surface area (Å²) in [6, 6.07) is 8.17. The van der Waals surface area contributed by atoms with Crippen LogP contribution < -0.4 is 10.1 Å². The van der Waals surface area contributed by atoms with Crippen molar-refractivity contribution in [3.05, 3.63) is 24.3 Å². The van der Waals surface area contributed by atoms with Gasteiger partial charge in [-0.3, -0.25) is 0 Å². The highest BCUT2D eigenvalue weighted by molar-refractivity contribution is 5.48. The molecule has 0 fully saturated rings. The number of anilines is 1. The summed E-state index contributed by atoms with van der Waals surface area (Å²) < 4.78 is 5.58. The fourth-order valence-corrected chi connectivity index (χ4v) is 1.52. The van der Waals surface area contributed by atoms with Crippen LogP contribution in [0.4, 0.5) is 5.69 Å². The number of rotatable bonds is 0. The van der Waals surface area contributed by atoms with E-state index in [1.807, 2.05) is 12.1 Å². The summed E-state index contributed by atoms with van der Waals surface area (Å²) in [6.07, 6.45) is 3.64. The molecule has 0 saturated carbocycles. The van der Waals surface area contributed by atoms with E-state index >= 15 is 0 Å². The molecule has 2 nitrogen and oxygen atoms in total.